The molecule has 182 valence electrons. The van der Waals surface area contributed by atoms with Gasteiger partial charge in [0.2, 0.25) is 0 Å². The lowest BCUT2D eigenvalue weighted by molar-refractivity contribution is -0.119. The number of ether oxygens (including phenoxy) is 3. The number of benzene rings is 3. The van der Waals surface area contributed by atoms with Gasteiger partial charge in [0.25, 0.3) is 11.8 Å². The van der Waals surface area contributed by atoms with Crippen molar-refractivity contribution in [3.05, 3.63) is 78.1 Å². The van der Waals surface area contributed by atoms with E-state index in [0.717, 1.165) is 4.90 Å². The van der Waals surface area contributed by atoms with Gasteiger partial charge < -0.3 is 24.8 Å². The fraction of sp³-hybridized carbons (Fsp3) is 0.160. The molecule has 0 saturated heterocycles. The number of esters is 1. The number of halogens is 1. The van der Waals surface area contributed by atoms with E-state index in [1.165, 1.54) is 49.6 Å². The molecule has 10 heteroatoms. The molecule has 0 unspecified atom stereocenters. The quantitative estimate of drug-likeness (QED) is 0.316. The van der Waals surface area contributed by atoms with Crippen molar-refractivity contribution < 1.29 is 33.0 Å². The maximum absolute atomic E-state index is 13.0. The zero-order valence-corrected chi connectivity index (χ0v) is 19.8. The monoisotopic (exact) mass is 498 g/mol. The Bertz CT molecular complexity index is 1190. The summed E-state index contributed by atoms with van der Waals surface area (Å²) in [6.45, 7) is -0.803. The fourth-order valence-electron chi connectivity index (χ4n) is 2.87. The Morgan fingerprint density at radius 2 is 1.43 bits per heavy atom. The van der Waals surface area contributed by atoms with Gasteiger partial charge in [-0.05, 0) is 73.0 Å². The molecule has 0 heterocycles. The van der Waals surface area contributed by atoms with E-state index in [2.05, 4.69) is 10.6 Å². The van der Waals surface area contributed by atoms with Crippen molar-refractivity contribution in [1.82, 2.24) is 0 Å². The molecular formula is C25H23FN2O6S. The standard InChI is InChI=1S/C25H23FN2O6S/c1-32-22-13-16(25(31)34-15-24(30)28-19-8-10-20(35-2)11-9-19)3-12-21(22)33-14-23(29)27-18-6-4-17(26)5-7-18/h3-13H,14-15H2,1-2H3,(H,27,29)(H,28,30). The molecule has 3 rings (SSSR count). The third-order valence-electron chi connectivity index (χ3n) is 4.59. The van der Waals surface area contributed by atoms with Crippen LogP contribution in [0.1, 0.15) is 10.4 Å². The Morgan fingerprint density at radius 1 is 0.829 bits per heavy atom. The van der Waals surface area contributed by atoms with E-state index in [1.807, 2.05) is 18.4 Å². The highest BCUT2D eigenvalue weighted by atomic mass is 32.2. The lowest BCUT2D eigenvalue weighted by Gasteiger charge is -2.12. The van der Waals surface area contributed by atoms with Crippen LogP contribution >= 0.6 is 11.8 Å². The fourth-order valence-corrected chi connectivity index (χ4v) is 3.28. The maximum atomic E-state index is 13.0. The number of hydrogen-bond acceptors (Lipinski definition) is 7. The second-order valence-corrected chi connectivity index (χ2v) is 7.94. The summed E-state index contributed by atoms with van der Waals surface area (Å²) in [6, 6.07) is 16.8. The number of nitrogens with one attached hydrogen (secondary N) is 2. The van der Waals surface area contributed by atoms with E-state index in [9.17, 15) is 18.8 Å². The highest BCUT2D eigenvalue weighted by molar-refractivity contribution is 7.98. The molecule has 0 spiro atoms. The largest absolute Gasteiger partial charge is 0.493 e. The molecule has 8 nitrogen and oxygen atoms in total. The van der Waals surface area contributed by atoms with Crippen molar-refractivity contribution in [1.29, 1.82) is 0 Å². The molecule has 0 aliphatic carbocycles. The normalized spacial score (nSPS) is 10.3. The van der Waals surface area contributed by atoms with Crippen LogP contribution in [0.5, 0.6) is 11.5 Å². The minimum Gasteiger partial charge on any atom is -0.493 e. The Morgan fingerprint density at radius 3 is 2.03 bits per heavy atom. The van der Waals surface area contributed by atoms with E-state index < -0.39 is 30.2 Å². The van der Waals surface area contributed by atoms with Crippen LogP contribution in [0.4, 0.5) is 15.8 Å². The lowest BCUT2D eigenvalue weighted by Crippen LogP contribution is -2.21. The average molecular weight is 499 g/mol. The average Bonchev–Trinajstić information content (AvgIpc) is 2.87. The smallest absolute Gasteiger partial charge is 0.338 e. The first-order valence-electron chi connectivity index (χ1n) is 10.3. The minimum absolute atomic E-state index is 0.141. The topological polar surface area (TPSA) is 103 Å². The molecule has 0 fully saturated rings. The van der Waals surface area contributed by atoms with Crippen LogP contribution in [0, 0.1) is 5.82 Å². The SMILES string of the molecule is COc1cc(C(=O)OCC(=O)Nc2ccc(SC)cc2)ccc1OCC(=O)Nc1ccc(F)cc1. The predicted octanol–water partition coefficient (Wildman–Crippen LogP) is 4.37. The summed E-state index contributed by atoms with van der Waals surface area (Å²) >= 11 is 1.58. The number of carbonyl (C=O) groups excluding carboxylic acids is 3. The van der Waals surface area contributed by atoms with Crippen molar-refractivity contribution >= 4 is 40.9 Å². The van der Waals surface area contributed by atoms with Gasteiger partial charge in [-0.25, -0.2) is 9.18 Å². The highest BCUT2D eigenvalue weighted by Crippen LogP contribution is 2.28. The third kappa shape index (κ3) is 7.75. The maximum Gasteiger partial charge on any atom is 0.338 e. The van der Waals surface area contributed by atoms with E-state index in [1.54, 1.807) is 23.9 Å². The Balaban J connectivity index is 1.51. The molecule has 3 aromatic carbocycles. The summed E-state index contributed by atoms with van der Waals surface area (Å²) in [5, 5.41) is 5.22. The van der Waals surface area contributed by atoms with Crippen molar-refractivity contribution in [3.63, 3.8) is 0 Å². The Labute approximate surface area is 205 Å². The molecule has 2 amide bonds. The molecule has 0 aliphatic heterocycles. The molecule has 35 heavy (non-hydrogen) atoms. The van der Waals surface area contributed by atoms with Gasteiger partial charge in [0.1, 0.15) is 5.82 Å². The number of amides is 2. The summed E-state index contributed by atoms with van der Waals surface area (Å²) < 4.78 is 28.7. The van der Waals surface area contributed by atoms with E-state index >= 15 is 0 Å². The highest BCUT2D eigenvalue weighted by Gasteiger charge is 2.15. The Hall–Kier alpha value is -4.05. The molecule has 3 aromatic rings. The van der Waals surface area contributed by atoms with Crippen molar-refractivity contribution in [3.8, 4) is 11.5 Å². The van der Waals surface area contributed by atoms with Gasteiger partial charge in [-0.15, -0.1) is 11.8 Å². The number of rotatable bonds is 10. The van der Waals surface area contributed by atoms with Crippen LogP contribution in [0.2, 0.25) is 0 Å². The first-order valence-corrected chi connectivity index (χ1v) is 11.6. The van der Waals surface area contributed by atoms with E-state index in [4.69, 9.17) is 14.2 Å². The van der Waals surface area contributed by atoms with Gasteiger partial charge in [0.15, 0.2) is 24.7 Å². The summed E-state index contributed by atoms with van der Waals surface area (Å²) in [5.41, 5.74) is 1.16. The summed E-state index contributed by atoms with van der Waals surface area (Å²) in [7, 11) is 1.38. The number of carbonyl (C=O) groups is 3. The second kappa shape index (κ2) is 12.4. The summed E-state index contributed by atoms with van der Waals surface area (Å²) in [6.07, 6.45) is 1.95. The molecular weight excluding hydrogens is 475 g/mol. The van der Waals surface area contributed by atoms with Crippen LogP contribution in [0.3, 0.4) is 0 Å². The molecule has 0 saturated carbocycles. The number of hydrogen-bond donors (Lipinski definition) is 2. The van der Waals surface area contributed by atoms with Gasteiger partial charge in [-0.3, -0.25) is 9.59 Å². The number of methoxy groups -OCH3 is 1. The van der Waals surface area contributed by atoms with Crippen LogP contribution in [0.25, 0.3) is 0 Å². The molecule has 0 aliphatic rings. The van der Waals surface area contributed by atoms with Crippen molar-refractivity contribution in [2.45, 2.75) is 4.90 Å². The first-order chi connectivity index (χ1) is 16.9. The lowest BCUT2D eigenvalue weighted by atomic mass is 10.2. The molecule has 0 atom stereocenters. The van der Waals surface area contributed by atoms with Crippen LogP contribution < -0.4 is 20.1 Å². The van der Waals surface area contributed by atoms with Gasteiger partial charge in [0, 0.05) is 16.3 Å². The summed E-state index contributed by atoms with van der Waals surface area (Å²) in [4.78, 5) is 37.6. The zero-order chi connectivity index (χ0) is 25.2. The number of anilines is 2. The molecule has 0 bridgehead atoms. The van der Waals surface area contributed by atoms with Crippen LogP contribution in [-0.4, -0.2) is 44.4 Å². The molecule has 0 aromatic heterocycles. The Kier molecular flexibility index (Phi) is 9.08. The van der Waals surface area contributed by atoms with E-state index in [0.29, 0.717) is 11.4 Å². The van der Waals surface area contributed by atoms with Crippen molar-refractivity contribution in [2.24, 2.45) is 0 Å². The van der Waals surface area contributed by atoms with Gasteiger partial charge in [-0.1, -0.05) is 0 Å². The predicted molar refractivity (Wildman–Crippen MR) is 131 cm³/mol. The first kappa shape index (κ1) is 25.6. The number of thioether (sulfide) groups is 1. The van der Waals surface area contributed by atoms with Gasteiger partial charge in [-0.2, -0.15) is 0 Å². The van der Waals surface area contributed by atoms with Gasteiger partial charge in [0.05, 0.1) is 12.7 Å². The summed E-state index contributed by atoms with van der Waals surface area (Å²) in [5.74, 6) is -1.65. The van der Waals surface area contributed by atoms with Crippen molar-refractivity contribution in [2.75, 3.05) is 37.2 Å². The van der Waals surface area contributed by atoms with Crippen LogP contribution in [0.15, 0.2) is 71.6 Å². The van der Waals surface area contributed by atoms with Gasteiger partial charge >= 0.3 is 5.97 Å². The van der Waals surface area contributed by atoms with E-state index in [-0.39, 0.29) is 23.7 Å². The minimum atomic E-state index is -0.725. The third-order valence-corrected chi connectivity index (χ3v) is 5.34. The van der Waals surface area contributed by atoms with Crippen LogP contribution in [-0.2, 0) is 14.3 Å². The zero-order valence-electron chi connectivity index (χ0n) is 19.0. The molecule has 0 radical (unpaired) electrons. The second-order valence-electron chi connectivity index (χ2n) is 7.06. The molecule has 2 N–H and O–H groups in total.